The van der Waals surface area contributed by atoms with E-state index < -0.39 is 0 Å². The van der Waals surface area contributed by atoms with Crippen molar-refractivity contribution in [2.24, 2.45) is 0 Å². The molecule has 5 heteroatoms. The van der Waals surface area contributed by atoms with Crippen molar-refractivity contribution < 1.29 is 9.53 Å². The van der Waals surface area contributed by atoms with Gasteiger partial charge in [-0.1, -0.05) is 30.3 Å². The van der Waals surface area contributed by atoms with Crippen LogP contribution in [0.15, 0.2) is 49.1 Å². The van der Waals surface area contributed by atoms with E-state index in [1.165, 1.54) is 6.33 Å². The number of carbonyl (C=O) groups is 1. The average molecular weight is 297 g/mol. The highest BCUT2D eigenvalue weighted by Crippen LogP contribution is 2.26. The van der Waals surface area contributed by atoms with Gasteiger partial charge in [-0.3, -0.25) is 4.79 Å². The van der Waals surface area contributed by atoms with Crippen LogP contribution in [-0.4, -0.2) is 40.0 Å². The smallest absolute Gasteiger partial charge is 0.227 e. The molecule has 2 unspecified atom stereocenters. The van der Waals surface area contributed by atoms with Crippen LogP contribution in [-0.2, 0) is 16.0 Å². The molecule has 2 atom stereocenters. The maximum Gasteiger partial charge on any atom is 0.227 e. The molecule has 0 aliphatic carbocycles. The standard InChI is InChI=1S/C17H19N3O2/c1-13-10-20(17(21)7-14-8-18-12-19-9-14)16(11-22-13)15-5-3-2-4-6-15/h2-6,8-9,12-13,16H,7,10-11H2,1H3. The Labute approximate surface area is 130 Å². The number of amides is 1. The highest BCUT2D eigenvalue weighted by atomic mass is 16.5. The molecule has 0 radical (unpaired) electrons. The number of hydrogen-bond donors (Lipinski definition) is 0. The first-order valence-electron chi connectivity index (χ1n) is 7.44. The van der Waals surface area contributed by atoms with E-state index in [4.69, 9.17) is 4.74 Å². The molecule has 2 heterocycles. The number of aromatic nitrogens is 2. The monoisotopic (exact) mass is 297 g/mol. The molecule has 1 aliphatic rings. The summed E-state index contributed by atoms with van der Waals surface area (Å²) in [7, 11) is 0. The number of ether oxygens (including phenoxy) is 1. The molecule has 2 aromatic rings. The number of benzene rings is 1. The maximum atomic E-state index is 12.7. The minimum Gasteiger partial charge on any atom is -0.374 e. The second-order valence-electron chi connectivity index (χ2n) is 5.54. The SMILES string of the molecule is CC1CN(C(=O)Cc2cncnc2)C(c2ccccc2)CO1. The summed E-state index contributed by atoms with van der Waals surface area (Å²) in [6.45, 7) is 3.13. The molecule has 0 saturated carbocycles. The summed E-state index contributed by atoms with van der Waals surface area (Å²) < 4.78 is 5.76. The van der Waals surface area contributed by atoms with Crippen LogP contribution in [0.5, 0.6) is 0 Å². The second-order valence-corrected chi connectivity index (χ2v) is 5.54. The van der Waals surface area contributed by atoms with Gasteiger partial charge in [-0.25, -0.2) is 9.97 Å². The van der Waals surface area contributed by atoms with Crippen molar-refractivity contribution in [2.45, 2.75) is 25.5 Å². The molecule has 1 aromatic carbocycles. The van der Waals surface area contributed by atoms with Gasteiger partial charge in [0.05, 0.1) is 25.2 Å². The molecule has 1 amide bonds. The predicted molar refractivity (Wildman–Crippen MR) is 82.0 cm³/mol. The molecule has 1 aromatic heterocycles. The zero-order valence-corrected chi connectivity index (χ0v) is 12.6. The average Bonchev–Trinajstić information content (AvgIpc) is 2.56. The Morgan fingerprint density at radius 1 is 1.27 bits per heavy atom. The van der Waals surface area contributed by atoms with Crippen molar-refractivity contribution in [3.63, 3.8) is 0 Å². The highest BCUT2D eigenvalue weighted by molar-refractivity contribution is 5.79. The fourth-order valence-electron chi connectivity index (χ4n) is 2.73. The van der Waals surface area contributed by atoms with Crippen molar-refractivity contribution >= 4 is 5.91 Å². The Morgan fingerprint density at radius 3 is 2.73 bits per heavy atom. The van der Waals surface area contributed by atoms with Gasteiger partial charge in [0.1, 0.15) is 6.33 Å². The summed E-state index contributed by atoms with van der Waals surface area (Å²) >= 11 is 0. The summed E-state index contributed by atoms with van der Waals surface area (Å²) in [5.74, 6) is 0.0822. The van der Waals surface area contributed by atoms with E-state index in [1.807, 2.05) is 42.2 Å². The lowest BCUT2D eigenvalue weighted by molar-refractivity contribution is -0.144. The number of rotatable bonds is 3. The summed E-state index contributed by atoms with van der Waals surface area (Å²) in [5, 5.41) is 0. The normalized spacial score (nSPS) is 21.6. The van der Waals surface area contributed by atoms with Gasteiger partial charge in [-0.2, -0.15) is 0 Å². The Kier molecular flexibility index (Phi) is 4.44. The molecule has 0 N–H and O–H groups in total. The lowest BCUT2D eigenvalue weighted by atomic mass is 10.0. The number of nitrogens with zero attached hydrogens (tertiary/aromatic N) is 3. The van der Waals surface area contributed by atoms with Gasteiger partial charge in [-0.15, -0.1) is 0 Å². The minimum atomic E-state index is -0.0328. The van der Waals surface area contributed by atoms with Gasteiger partial charge >= 0.3 is 0 Å². The molecule has 1 saturated heterocycles. The van der Waals surface area contributed by atoms with Crippen LogP contribution in [0.2, 0.25) is 0 Å². The van der Waals surface area contributed by atoms with Crippen LogP contribution >= 0.6 is 0 Å². The van der Waals surface area contributed by atoms with Gasteiger partial charge in [0.25, 0.3) is 0 Å². The van der Waals surface area contributed by atoms with Gasteiger partial charge in [0.15, 0.2) is 0 Å². The first kappa shape index (κ1) is 14.7. The Hall–Kier alpha value is -2.27. The number of hydrogen-bond acceptors (Lipinski definition) is 4. The zero-order chi connectivity index (χ0) is 15.4. The van der Waals surface area contributed by atoms with Crippen LogP contribution in [0, 0.1) is 0 Å². The zero-order valence-electron chi connectivity index (χ0n) is 12.6. The van der Waals surface area contributed by atoms with Gasteiger partial charge in [0.2, 0.25) is 5.91 Å². The van der Waals surface area contributed by atoms with E-state index in [1.54, 1.807) is 12.4 Å². The largest absolute Gasteiger partial charge is 0.374 e. The number of morpholine rings is 1. The third-order valence-corrected chi connectivity index (χ3v) is 3.84. The molecular formula is C17H19N3O2. The molecule has 5 nitrogen and oxygen atoms in total. The lowest BCUT2D eigenvalue weighted by Gasteiger charge is -2.39. The summed E-state index contributed by atoms with van der Waals surface area (Å²) in [5.41, 5.74) is 1.94. The summed E-state index contributed by atoms with van der Waals surface area (Å²) in [6.07, 6.45) is 5.21. The molecule has 0 bridgehead atoms. The fraction of sp³-hybridized carbons (Fsp3) is 0.353. The maximum absolute atomic E-state index is 12.7. The molecule has 0 spiro atoms. The topological polar surface area (TPSA) is 55.3 Å². The van der Waals surface area contributed by atoms with Crippen molar-refractivity contribution in [1.29, 1.82) is 0 Å². The second kappa shape index (κ2) is 6.66. The van der Waals surface area contributed by atoms with E-state index in [2.05, 4.69) is 9.97 Å². The van der Waals surface area contributed by atoms with E-state index in [9.17, 15) is 4.79 Å². The van der Waals surface area contributed by atoms with Crippen LogP contribution in [0.4, 0.5) is 0 Å². The summed E-state index contributed by atoms with van der Waals surface area (Å²) in [4.78, 5) is 22.6. The molecule has 3 rings (SSSR count). The molecule has 22 heavy (non-hydrogen) atoms. The van der Waals surface area contributed by atoms with E-state index in [-0.39, 0.29) is 18.1 Å². The third-order valence-electron chi connectivity index (χ3n) is 3.84. The van der Waals surface area contributed by atoms with Crippen molar-refractivity contribution in [3.8, 4) is 0 Å². The Bertz CT molecular complexity index is 618. The Morgan fingerprint density at radius 2 is 2.00 bits per heavy atom. The van der Waals surface area contributed by atoms with Crippen molar-refractivity contribution in [1.82, 2.24) is 14.9 Å². The van der Waals surface area contributed by atoms with Gasteiger partial charge < -0.3 is 9.64 Å². The van der Waals surface area contributed by atoms with Crippen molar-refractivity contribution in [2.75, 3.05) is 13.2 Å². The van der Waals surface area contributed by atoms with Gasteiger partial charge in [-0.05, 0) is 18.1 Å². The number of carbonyl (C=O) groups excluding carboxylic acids is 1. The van der Waals surface area contributed by atoms with E-state index >= 15 is 0 Å². The quantitative estimate of drug-likeness (QED) is 0.869. The van der Waals surface area contributed by atoms with Crippen LogP contribution in [0.1, 0.15) is 24.1 Å². The van der Waals surface area contributed by atoms with Crippen molar-refractivity contribution in [3.05, 3.63) is 60.2 Å². The van der Waals surface area contributed by atoms with E-state index in [0.29, 0.717) is 19.6 Å². The van der Waals surface area contributed by atoms with Crippen LogP contribution in [0.25, 0.3) is 0 Å². The fourth-order valence-corrected chi connectivity index (χ4v) is 2.73. The van der Waals surface area contributed by atoms with Crippen LogP contribution in [0.3, 0.4) is 0 Å². The summed E-state index contributed by atoms with van der Waals surface area (Å²) in [6, 6.07) is 9.99. The molecule has 1 fully saturated rings. The Balaban J connectivity index is 1.79. The van der Waals surface area contributed by atoms with Crippen LogP contribution < -0.4 is 0 Å². The third kappa shape index (κ3) is 3.31. The molecule has 114 valence electrons. The molecule has 1 aliphatic heterocycles. The predicted octanol–water partition coefficient (Wildman–Crippen LogP) is 2.01. The highest BCUT2D eigenvalue weighted by Gasteiger charge is 2.31. The lowest BCUT2D eigenvalue weighted by Crippen LogP contribution is -2.47. The minimum absolute atomic E-state index is 0.0328. The van der Waals surface area contributed by atoms with Gasteiger partial charge in [0, 0.05) is 18.9 Å². The van der Waals surface area contributed by atoms with E-state index in [0.717, 1.165) is 11.1 Å². The first-order chi connectivity index (χ1) is 10.7. The first-order valence-corrected chi connectivity index (χ1v) is 7.44. The molecular weight excluding hydrogens is 278 g/mol.